The van der Waals surface area contributed by atoms with Gasteiger partial charge in [0, 0.05) is 32.7 Å². The zero-order valence-corrected chi connectivity index (χ0v) is 25.8. The molecule has 0 aliphatic rings. The highest BCUT2D eigenvalue weighted by atomic mass is 35.5. The van der Waals surface area contributed by atoms with Gasteiger partial charge in [0.1, 0.15) is 12.6 Å². The van der Waals surface area contributed by atoms with Gasteiger partial charge in [-0.2, -0.15) is 0 Å². The molecule has 0 aromatic heterocycles. The Morgan fingerprint density at radius 3 is 1.98 bits per heavy atom. The van der Waals surface area contributed by atoms with Crippen LogP contribution in [0.4, 0.5) is 5.69 Å². The summed E-state index contributed by atoms with van der Waals surface area (Å²) >= 11 is 18.9. The van der Waals surface area contributed by atoms with Crippen LogP contribution in [0.15, 0.2) is 77.7 Å². The molecule has 0 aliphatic heterocycles. The van der Waals surface area contributed by atoms with Crippen LogP contribution in [0.3, 0.4) is 0 Å². The molecule has 3 aromatic carbocycles. The van der Waals surface area contributed by atoms with Gasteiger partial charge in [-0.1, -0.05) is 66.0 Å². The van der Waals surface area contributed by atoms with Gasteiger partial charge in [0.05, 0.1) is 10.6 Å². The Morgan fingerprint density at radius 1 is 0.875 bits per heavy atom. The summed E-state index contributed by atoms with van der Waals surface area (Å²) in [6, 6.07) is 18.0. The summed E-state index contributed by atoms with van der Waals surface area (Å²) < 4.78 is 28.6. The Labute approximate surface area is 251 Å². The zero-order chi connectivity index (χ0) is 29.7. The number of rotatable bonds is 10. The van der Waals surface area contributed by atoms with Crippen molar-refractivity contribution < 1.29 is 18.0 Å². The fourth-order valence-electron chi connectivity index (χ4n) is 4.08. The second-order valence-electron chi connectivity index (χ2n) is 10.2. The number of hydrogen-bond donors (Lipinski definition) is 1. The van der Waals surface area contributed by atoms with E-state index >= 15 is 0 Å². The third-order valence-electron chi connectivity index (χ3n) is 6.00. The van der Waals surface area contributed by atoms with E-state index in [1.165, 1.54) is 29.2 Å². The number of nitrogens with zero attached hydrogens (tertiary/aromatic N) is 2. The number of anilines is 1. The fraction of sp³-hybridized carbons (Fsp3) is 0.310. The lowest BCUT2D eigenvalue weighted by atomic mass is 10.1. The van der Waals surface area contributed by atoms with Crippen LogP contribution >= 0.6 is 34.8 Å². The fourth-order valence-corrected chi connectivity index (χ4v) is 6.16. The number of halogens is 3. The third kappa shape index (κ3) is 7.91. The van der Waals surface area contributed by atoms with Crippen molar-refractivity contribution in [2.45, 2.75) is 57.1 Å². The maximum Gasteiger partial charge on any atom is 0.264 e. The molecule has 0 fully saturated rings. The molecule has 1 unspecified atom stereocenters. The monoisotopic (exact) mass is 623 g/mol. The van der Waals surface area contributed by atoms with E-state index in [-0.39, 0.29) is 29.5 Å². The van der Waals surface area contributed by atoms with Crippen molar-refractivity contribution in [3.05, 3.63) is 93.4 Å². The molecular formula is C29H32Cl3N3O4S. The van der Waals surface area contributed by atoms with Crippen LogP contribution in [0.2, 0.25) is 15.1 Å². The standard InChI is InChI=1S/C29H32Cl3N3O4S/c1-5-26(28(37)33-29(2,3)4)34(18-23-24(31)12-9-13-25(23)32)27(36)19-35(21-16-14-20(30)15-17-21)40(38,39)22-10-7-6-8-11-22/h6-17,26H,5,18-19H2,1-4H3,(H,33,37). The number of carbonyl (C=O) groups excluding carboxylic acids is 2. The quantitative estimate of drug-likeness (QED) is 0.277. The summed E-state index contributed by atoms with van der Waals surface area (Å²) in [6.07, 6.45) is 0.266. The van der Waals surface area contributed by atoms with Crippen LogP contribution in [0, 0.1) is 0 Å². The van der Waals surface area contributed by atoms with E-state index in [2.05, 4.69) is 5.32 Å². The van der Waals surface area contributed by atoms with Gasteiger partial charge in [-0.15, -0.1) is 0 Å². The van der Waals surface area contributed by atoms with Gasteiger partial charge in [0.2, 0.25) is 11.8 Å². The Bertz CT molecular complexity index is 1420. The highest BCUT2D eigenvalue weighted by Gasteiger charge is 2.35. The first-order valence-electron chi connectivity index (χ1n) is 12.6. The molecule has 3 rings (SSSR count). The van der Waals surface area contributed by atoms with Crippen LogP contribution in [0.1, 0.15) is 39.7 Å². The van der Waals surface area contributed by atoms with E-state index in [0.29, 0.717) is 20.6 Å². The first-order chi connectivity index (χ1) is 18.7. The molecule has 3 aromatic rings. The lowest BCUT2D eigenvalue weighted by Gasteiger charge is -2.35. The van der Waals surface area contributed by atoms with Gasteiger partial charge in [0.25, 0.3) is 10.0 Å². The van der Waals surface area contributed by atoms with E-state index in [4.69, 9.17) is 34.8 Å². The van der Waals surface area contributed by atoms with E-state index in [9.17, 15) is 18.0 Å². The molecule has 1 atom stereocenters. The van der Waals surface area contributed by atoms with Crippen LogP contribution in [0.25, 0.3) is 0 Å². The second kappa shape index (κ2) is 13.3. The highest BCUT2D eigenvalue weighted by molar-refractivity contribution is 7.92. The Balaban J connectivity index is 2.10. The van der Waals surface area contributed by atoms with Crippen LogP contribution in [-0.4, -0.2) is 43.3 Å². The maximum absolute atomic E-state index is 14.1. The highest BCUT2D eigenvalue weighted by Crippen LogP contribution is 2.29. The number of amides is 2. The number of benzene rings is 3. The third-order valence-corrected chi connectivity index (χ3v) is 8.75. The van der Waals surface area contributed by atoms with Gasteiger partial charge >= 0.3 is 0 Å². The van der Waals surface area contributed by atoms with Gasteiger partial charge in [0.15, 0.2) is 0 Å². The molecule has 0 saturated carbocycles. The molecule has 40 heavy (non-hydrogen) atoms. The second-order valence-corrected chi connectivity index (χ2v) is 13.3. The number of carbonyl (C=O) groups is 2. The largest absolute Gasteiger partial charge is 0.350 e. The molecule has 0 aliphatic carbocycles. The van der Waals surface area contributed by atoms with Gasteiger partial charge in [-0.25, -0.2) is 8.42 Å². The van der Waals surface area contributed by atoms with Crippen LogP contribution < -0.4 is 9.62 Å². The Morgan fingerprint density at radius 2 is 1.45 bits per heavy atom. The SMILES string of the molecule is CCC(C(=O)NC(C)(C)C)N(Cc1c(Cl)cccc1Cl)C(=O)CN(c1ccc(Cl)cc1)S(=O)(=O)c1ccccc1. The summed E-state index contributed by atoms with van der Waals surface area (Å²) in [4.78, 5) is 28.8. The van der Waals surface area contributed by atoms with Gasteiger partial charge < -0.3 is 10.2 Å². The van der Waals surface area contributed by atoms with Crippen LogP contribution in [-0.2, 0) is 26.2 Å². The van der Waals surface area contributed by atoms with E-state index in [1.807, 2.05) is 20.8 Å². The van der Waals surface area contributed by atoms with Crippen molar-refractivity contribution in [2.75, 3.05) is 10.8 Å². The minimum absolute atomic E-state index is 0.0102. The minimum Gasteiger partial charge on any atom is -0.350 e. The maximum atomic E-state index is 14.1. The van der Waals surface area contributed by atoms with Crippen molar-refractivity contribution in [2.24, 2.45) is 0 Å². The average molecular weight is 625 g/mol. The molecule has 0 spiro atoms. The minimum atomic E-state index is -4.18. The topological polar surface area (TPSA) is 86.8 Å². The molecule has 11 heteroatoms. The van der Waals surface area contributed by atoms with Crippen molar-refractivity contribution in [1.29, 1.82) is 0 Å². The molecule has 2 amide bonds. The molecule has 0 radical (unpaired) electrons. The normalized spacial score (nSPS) is 12.5. The lowest BCUT2D eigenvalue weighted by Crippen LogP contribution is -2.55. The molecular weight excluding hydrogens is 593 g/mol. The lowest BCUT2D eigenvalue weighted by molar-refractivity contribution is -0.141. The first kappa shape index (κ1) is 31.7. The predicted octanol–water partition coefficient (Wildman–Crippen LogP) is 6.56. The zero-order valence-electron chi connectivity index (χ0n) is 22.7. The number of sulfonamides is 1. The molecule has 7 nitrogen and oxygen atoms in total. The Hall–Kier alpha value is -2.78. The summed E-state index contributed by atoms with van der Waals surface area (Å²) in [7, 11) is -4.18. The molecule has 1 N–H and O–H groups in total. The summed E-state index contributed by atoms with van der Waals surface area (Å²) in [5.74, 6) is -0.989. The van der Waals surface area contributed by atoms with Crippen molar-refractivity contribution in [1.82, 2.24) is 10.2 Å². The Kier molecular flexibility index (Phi) is 10.5. The predicted molar refractivity (Wildman–Crippen MR) is 161 cm³/mol. The van der Waals surface area contributed by atoms with Gasteiger partial charge in [-0.3, -0.25) is 13.9 Å². The summed E-state index contributed by atoms with van der Waals surface area (Å²) in [5, 5.41) is 3.98. The molecule has 0 heterocycles. The van der Waals surface area contributed by atoms with E-state index in [0.717, 1.165) is 4.31 Å². The molecule has 0 bridgehead atoms. The van der Waals surface area contributed by atoms with Gasteiger partial charge in [-0.05, 0) is 75.7 Å². The number of nitrogens with one attached hydrogen (secondary N) is 1. The summed E-state index contributed by atoms with van der Waals surface area (Å²) in [6.45, 7) is 6.60. The average Bonchev–Trinajstić information content (AvgIpc) is 2.88. The van der Waals surface area contributed by atoms with Crippen molar-refractivity contribution in [3.8, 4) is 0 Å². The van der Waals surface area contributed by atoms with Crippen molar-refractivity contribution in [3.63, 3.8) is 0 Å². The smallest absolute Gasteiger partial charge is 0.264 e. The first-order valence-corrected chi connectivity index (χ1v) is 15.2. The van der Waals surface area contributed by atoms with E-state index in [1.54, 1.807) is 55.5 Å². The molecule has 0 saturated heterocycles. The number of hydrogen-bond acceptors (Lipinski definition) is 4. The summed E-state index contributed by atoms with van der Waals surface area (Å²) in [5.41, 5.74) is 0.127. The van der Waals surface area contributed by atoms with Crippen molar-refractivity contribution >= 4 is 62.3 Å². The molecule has 214 valence electrons. The van der Waals surface area contributed by atoms with E-state index < -0.39 is 34.1 Å². The van der Waals surface area contributed by atoms with Crippen LogP contribution in [0.5, 0.6) is 0 Å².